The fourth-order valence-corrected chi connectivity index (χ4v) is 1.86. The average molecular weight is 238 g/mol. The molecule has 0 atom stereocenters. The molecule has 17 heavy (non-hydrogen) atoms. The molecular weight excluding hydrogens is 216 g/mol. The Morgan fingerprint density at radius 1 is 1.12 bits per heavy atom. The van der Waals surface area contributed by atoms with Crippen LogP contribution in [0.15, 0.2) is 4.79 Å². The predicted octanol–water partition coefficient (Wildman–Crippen LogP) is 1.84. The van der Waals surface area contributed by atoms with Crippen molar-refractivity contribution in [1.82, 2.24) is 9.97 Å². The summed E-state index contributed by atoms with van der Waals surface area (Å²) in [5, 5.41) is 0. The monoisotopic (exact) mass is 238 g/mol. The van der Waals surface area contributed by atoms with Gasteiger partial charge in [0.1, 0.15) is 5.82 Å². The first-order chi connectivity index (χ1) is 8.15. The van der Waals surface area contributed by atoms with Gasteiger partial charge in [0.25, 0.3) is 5.56 Å². The zero-order valence-electron chi connectivity index (χ0n) is 10.5. The molecule has 0 aliphatic carbocycles. The Labute approximate surface area is 102 Å². The van der Waals surface area contributed by atoms with Gasteiger partial charge in [-0.15, -0.1) is 0 Å². The molecule has 1 heterocycles. The van der Waals surface area contributed by atoms with Crippen LogP contribution in [0.3, 0.4) is 0 Å². The van der Waals surface area contributed by atoms with Crippen molar-refractivity contribution in [3.8, 4) is 0 Å². The summed E-state index contributed by atoms with van der Waals surface area (Å²) >= 11 is 0. The van der Waals surface area contributed by atoms with Crippen LogP contribution in [0.5, 0.6) is 0 Å². The third-order valence-corrected chi connectivity index (χ3v) is 2.85. The molecule has 0 aromatic carbocycles. The Kier molecular flexibility index (Phi) is 5.52. The second-order valence-corrected chi connectivity index (χ2v) is 4.33. The number of H-pyrrole nitrogens is 1. The molecule has 1 rings (SSSR count). The van der Waals surface area contributed by atoms with E-state index in [0.717, 1.165) is 12.8 Å². The molecule has 0 bridgehead atoms. The zero-order chi connectivity index (χ0) is 12.7. The van der Waals surface area contributed by atoms with E-state index in [2.05, 4.69) is 16.9 Å². The number of nitrogens with two attached hydrogens (primary N) is 2. The highest BCUT2D eigenvalue weighted by atomic mass is 16.1. The summed E-state index contributed by atoms with van der Waals surface area (Å²) in [5.74, 6) is 0.346. The molecule has 0 saturated heterocycles. The Balaban J connectivity index is 2.39. The van der Waals surface area contributed by atoms with Gasteiger partial charge in [-0.1, -0.05) is 39.0 Å². The SMILES string of the molecule is CCCCCCCCc1c(N)nc(N)[nH]c1=O. The van der Waals surface area contributed by atoms with Gasteiger partial charge in [-0.2, -0.15) is 4.98 Å². The molecule has 5 N–H and O–H groups in total. The van der Waals surface area contributed by atoms with Gasteiger partial charge < -0.3 is 11.5 Å². The van der Waals surface area contributed by atoms with Gasteiger partial charge in [0, 0.05) is 0 Å². The second kappa shape index (κ2) is 6.93. The average Bonchev–Trinajstić information content (AvgIpc) is 2.26. The van der Waals surface area contributed by atoms with Gasteiger partial charge in [0.2, 0.25) is 5.95 Å². The lowest BCUT2D eigenvalue weighted by Gasteiger charge is -2.04. The molecule has 1 aromatic heterocycles. The van der Waals surface area contributed by atoms with Crippen LogP contribution in [0.4, 0.5) is 11.8 Å². The first kappa shape index (κ1) is 13.5. The number of hydrogen-bond donors (Lipinski definition) is 3. The standard InChI is InChI=1S/C12H22N4O/c1-2-3-4-5-6-7-8-9-10(13)15-12(14)16-11(9)17/h2-8H2,1H3,(H5,13,14,15,16,17). The molecule has 0 fully saturated rings. The van der Waals surface area contributed by atoms with E-state index in [1.807, 2.05) is 0 Å². The molecule has 0 amide bonds. The third-order valence-electron chi connectivity index (χ3n) is 2.85. The summed E-state index contributed by atoms with van der Waals surface area (Å²) in [6.45, 7) is 2.19. The number of anilines is 2. The van der Waals surface area contributed by atoms with Crippen LogP contribution in [0, 0.1) is 0 Å². The molecule has 96 valence electrons. The number of aromatic amines is 1. The van der Waals surface area contributed by atoms with E-state index in [4.69, 9.17) is 11.5 Å². The summed E-state index contributed by atoms with van der Waals surface area (Å²) < 4.78 is 0. The largest absolute Gasteiger partial charge is 0.383 e. The van der Waals surface area contributed by atoms with Crippen LogP contribution in [0.1, 0.15) is 51.0 Å². The highest BCUT2D eigenvalue weighted by molar-refractivity contribution is 5.41. The van der Waals surface area contributed by atoms with Gasteiger partial charge in [-0.25, -0.2) is 0 Å². The fraction of sp³-hybridized carbons (Fsp3) is 0.667. The minimum atomic E-state index is -0.205. The van der Waals surface area contributed by atoms with Gasteiger partial charge in [0.05, 0.1) is 5.56 Å². The summed E-state index contributed by atoms with van der Waals surface area (Å²) in [5.41, 5.74) is 11.4. The Morgan fingerprint density at radius 3 is 2.41 bits per heavy atom. The molecule has 0 saturated carbocycles. The van der Waals surface area contributed by atoms with E-state index in [0.29, 0.717) is 12.0 Å². The van der Waals surface area contributed by atoms with Crippen molar-refractivity contribution < 1.29 is 0 Å². The van der Waals surface area contributed by atoms with E-state index < -0.39 is 0 Å². The maximum Gasteiger partial charge on any atom is 0.257 e. The van der Waals surface area contributed by atoms with Gasteiger partial charge in [0.15, 0.2) is 0 Å². The van der Waals surface area contributed by atoms with Gasteiger partial charge >= 0.3 is 0 Å². The van der Waals surface area contributed by atoms with E-state index in [1.165, 1.54) is 25.7 Å². The number of nitrogens with one attached hydrogen (secondary N) is 1. The van der Waals surface area contributed by atoms with Crippen LogP contribution in [-0.4, -0.2) is 9.97 Å². The number of aromatic nitrogens is 2. The Bertz CT molecular complexity index is 400. The van der Waals surface area contributed by atoms with Gasteiger partial charge in [-0.3, -0.25) is 9.78 Å². The van der Waals surface area contributed by atoms with Crippen molar-refractivity contribution >= 4 is 11.8 Å². The van der Waals surface area contributed by atoms with Crippen molar-refractivity contribution in [2.24, 2.45) is 0 Å². The molecule has 0 aliphatic heterocycles. The second-order valence-electron chi connectivity index (χ2n) is 4.33. The predicted molar refractivity (Wildman–Crippen MR) is 70.8 cm³/mol. The topological polar surface area (TPSA) is 97.8 Å². The van der Waals surface area contributed by atoms with E-state index in [-0.39, 0.29) is 17.3 Å². The van der Waals surface area contributed by atoms with Crippen LogP contribution in [0.25, 0.3) is 0 Å². The lowest BCUT2D eigenvalue weighted by molar-refractivity contribution is 0.606. The number of nitrogen functional groups attached to an aromatic ring is 2. The zero-order valence-corrected chi connectivity index (χ0v) is 10.5. The molecule has 5 nitrogen and oxygen atoms in total. The lowest BCUT2D eigenvalue weighted by Crippen LogP contribution is -2.19. The maximum absolute atomic E-state index is 11.6. The molecule has 0 spiro atoms. The minimum Gasteiger partial charge on any atom is -0.383 e. The number of nitrogens with zero attached hydrogens (tertiary/aromatic N) is 1. The Hall–Kier alpha value is -1.52. The summed E-state index contributed by atoms with van der Waals surface area (Å²) in [6.07, 6.45) is 7.80. The van der Waals surface area contributed by atoms with Crippen LogP contribution >= 0.6 is 0 Å². The number of unbranched alkanes of at least 4 members (excludes halogenated alkanes) is 5. The van der Waals surface area contributed by atoms with Crippen LogP contribution in [-0.2, 0) is 6.42 Å². The maximum atomic E-state index is 11.6. The summed E-state index contributed by atoms with van der Waals surface area (Å²) in [6, 6.07) is 0. The van der Waals surface area contributed by atoms with E-state index in [1.54, 1.807) is 0 Å². The highest BCUT2D eigenvalue weighted by Crippen LogP contribution is 2.11. The van der Waals surface area contributed by atoms with Crippen molar-refractivity contribution in [1.29, 1.82) is 0 Å². The van der Waals surface area contributed by atoms with Crippen molar-refractivity contribution in [3.63, 3.8) is 0 Å². The molecule has 5 heteroatoms. The van der Waals surface area contributed by atoms with Crippen LogP contribution < -0.4 is 17.0 Å². The molecule has 1 aromatic rings. The lowest BCUT2D eigenvalue weighted by atomic mass is 10.1. The third kappa shape index (κ3) is 4.46. The first-order valence-corrected chi connectivity index (χ1v) is 6.29. The van der Waals surface area contributed by atoms with Crippen molar-refractivity contribution in [2.75, 3.05) is 11.5 Å². The Morgan fingerprint density at radius 2 is 1.76 bits per heavy atom. The number of rotatable bonds is 7. The van der Waals surface area contributed by atoms with Gasteiger partial charge in [-0.05, 0) is 12.8 Å². The van der Waals surface area contributed by atoms with E-state index in [9.17, 15) is 4.79 Å². The quantitative estimate of drug-likeness (QED) is 0.631. The summed E-state index contributed by atoms with van der Waals surface area (Å²) in [4.78, 5) is 17.9. The van der Waals surface area contributed by atoms with Crippen molar-refractivity contribution in [3.05, 3.63) is 15.9 Å². The highest BCUT2D eigenvalue weighted by Gasteiger charge is 2.06. The smallest absolute Gasteiger partial charge is 0.257 e. The summed E-state index contributed by atoms with van der Waals surface area (Å²) in [7, 11) is 0. The molecule has 0 unspecified atom stereocenters. The normalized spacial score (nSPS) is 10.6. The number of hydrogen-bond acceptors (Lipinski definition) is 4. The first-order valence-electron chi connectivity index (χ1n) is 6.29. The molecule has 0 aliphatic rings. The fourth-order valence-electron chi connectivity index (χ4n) is 1.86. The minimum absolute atomic E-state index is 0.0826. The van der Waals surface area contributed by atoms with Crippen molar-refractivity contribution in [2.45, 2.75) is 51.9 Å². The van der Waals surface area contributed by atoms with E-state index >= 15 is 0 Å². The van der Waals surface area contributed by atoms with Crippen LogP contribution in [0.2, 0.25) is 0 Å². The molecule has 0 radical (unpaired) electrons. The molecular formula is C12H22N4O.